The van der Waals surface area contributed by atoms with Crippen LogP contribution >= 0.6 is 0 Å². The largest absolute Gasteiger partial charge is 0.497 e. The van der Waals surface area contributed by atoms with Crippen molar-refractivity contribution in [2.45, 2.75) is 19.0 Å². The van der Waals surface area contributed by atoms with E-state index in [9.17, 15) is 18.0 Å². The Balaban J connectivity index is 1.75. The molecule has 1 atom stereocenters. The maximum Gasteiger partial charge on any atom is 0.267 e. The summed E-state index contributed by atoms with van der Waals surface area (Å²) in [4.78, 5) is 24.2. The number of aromatic nitrogens is 2. The molecule has 2 heterocycles. The molecular weight excluding hydrogens is 358 g/mol. The molecule has 1 aliphatic heterocycles. The van der Waals surface area contributed by atoms with Gasteiger partial charge >= 0.3 is 0 Å². The minimum Gasteiger partial charge on any atom is -0.497 e. The number of methoxy groups -OCH3 is 1. The number of nitrogens with one attached hydrogen (secondary N) is 1. The second kappa shape index (κ2) is 7.28. The summed E-state index contributed by atoms with van der Waals surface area (Å²) in [6.07, 6.45) is 0.389. The van der Waals surface area contributed by atoms with Crippen LogP contribution in [0, 0.1) is 0 Å². The average Bonchev–Trinajstić information content (AvgIpc) is 2.95. The number of rotatable bonds is 5. The summed E-state index contributed by atoms with van der Waals surface area (Å²) in [5.41, 5.74) is 0.867. The molecular formula is C17H19N3O5S. The fourth-order valence-corrected chi connectivity index (χ4v) is 4.49. The lowest BCUT2D eigenvalue weighted by Gasteiger charge is -2.12. The van der Waals surface area contributed by atoms with Gasteiger partial charge in [-0.3, -0.25) is 9.59 Å². The molecule has 1 aliphatic rings. The molecule has 1 aromatic carbocycles. The topological polar surface area (TPSA) is 107 Å². The lowest BCUT2D eigenvalue weighted by atomic mass is 10.1. The van der Waals surface area contributed by atoms with Gasteiger partial charge in [0.1, 0.15) is 12.3 Å². The van der Waals surface area contributed by atoms with Gasteiger partial charge < -0.3 is 10.1 Å². The highest BCUT2D eigenvalue weighted by atomic mass is 32.2. The second-order valence-electron chi connectivity index (χ2n) is 6.11. The number of hydrogen-bond acceptors (Lipinski definition) is 6. The zero-order chi connectivity index (χ0) is 18.7. The van der Waals surface area contributed by atoms with Crippen LogP contribution in [0.15, 0.2) is 41.2 Å². The van der Waals surface area contributed by atoms with E-state index in [2.05, 4.69) is 10.4 Å². The molecule has 138 valence electrons. The number of hydrogen-bond donors (Lipinski definition) is 1. The van der Waals surface area contributed by atoms with E-state index in [1.807, 2.05) is 6.07 Å². The number of amides is 1. The monoisotopic (exact) mass is 377 g/mol. The zero-order valence-corrected chi connectivity index (χ0v) is 15.0. The molecule has 9 heteroatoms. The number of nitrogens with zero attached hydrogens (tertiary/aromatic N) is 2. The molecule has 0 aliphatic carbocycles. The highest BCUT2D eigenvalue weighted by molar-refractivity contribution is 7.91. The minimum atomic E-state index is -3.08. The number of ether oxygens (including phenoxy) is 1. The van der Waals surface area contributed by atoms with Crippen molar-refractivity contribution in [3.63, 3.8) is 0 Å². The van der Waals surface area contributed by atoms with Gasteiger partial charge in [0.05, 0.1) is 24.3 Å². The van der Waals surface area contributed by atoms with Gasteiger partial charge in [-0.2, -0.15) is 5.10 Å². The van der Waals surface area contributed by atoms with Crippen molar-refractivity contribution in [1.29, 1.82) is 0 Å². The van der Waals surface area contributed by atoms with Crippen molar-refractivity contribution in [3.8, 4) is 17.0 Å². The molecule has 1 fully saturated rings. The molecule has 1 saturated heterocycles. The van der Waals surface area contributed by atoms with Crippen molar-refractivity contribution < 1.29 is 17.9 Å². The third-order valence-corrected chi connectivity index (χ3v) is 5.89. The highest BCUT2D eigenvalue weighted by Gasteiger charge is 2.28. The van der Waals surface area contributed by atoms with Crippen LogP contribution in [-0.4, -0.2) is 48.8 Å². The first-order valence-electron chi connectivity index (χ1n) is 8.09. The molecule has 1 N–H and O–H groups in total. The zero-order valence-electron chi connectivity index (χ0n) is 14.2. The van der Waals surface area contributed by atoms with Gasteiger partial charge in [0.25, 0.3) is 5.56 Å². The predicted octanol–water partition coefficient (Wildman–Crippen LogP) is 0.222. The fraction of sp³-hybridized carbons (Fsp3) is 0.353. The quantitative estimate of drug-likeness (QED) is 0.799. The summed E-state index contributed by atoms with van der Waals surface area (Å²) in [7, 11) is -1.53. The Labute approximate surface area is 150 Å². The SMILES string of the molecule is COc1cccc(-c2ccc(=O)n(CC(=O)N[C@H]3CCS(=O)(=O)C3)n2)c1. The molecule has 8 nitrogen and oxygen atoms in total. The molecule has 0 unspecified atom stereocenters. The maximum absolute atomic E-state index is 12.2. The Morgan fingerprint density at radius 1 is 1.35 bits per heavy atom. The maximum atomic E-state index is 12.2. The second-order valence-corrected chi connectivity index (χ2v) is 8.34. The molecule has 0 radical (unpaired) electrons. The summed E-state index contributed by atoms with van der Waals surface area (Å²) in [5.74, 6) is 0.221. The number of carbonyl (C=O) groups excluding carboxylic acids is 1. The van der Waals surface area contributed by atoms with Crippen molar-refractivity contribution in [2.24, 2.45) is 0 Å². The minimum absolute atomic E-state index is 0.0646. The van der Waals surface area contributed by atoms with E-state index < -0.39 is 27.3 Å². The van der Waals surface area contributed by atoms with E-state index in [0.717, 1.165) is 10.2 Å². The highest BCUT2D eigenvalue weighted by Crippen LogP contribution is 2.21. The van der Waals surface area contributed by atoms with Gasteiger partial charge in [0.15, 0.2) is 9.84 Å². The van der Waals surface area contributed by atoms with Gasteiger partial charge in [0.2, 0.25) is 5.91 Å². The Hall–Kier alpha value is -2.68. The number of benzene rings is 1. The number of carbonyl (C=O) groups is 1. The Bertz CT molecular complexity index is 984. The van der Waals surface area contributed by atoms with Gasteiger partial charge in [0, 0.05) is 17.7 Å². The van der Waals surface area contributed by atoms with E-state index >= 15 is 0 Å². The summed E-state index contributed by atoms with van der Waals surface area (Å²) < 4.78 is 29.2. The van der Waals surface area contributed by atoms with Gasteiger partial charge in [-0.1, -0.05) is 12.1 Å². The molecule has 0 spiro atoms. The molecule has 0 bridgehead atoms. The van der Waals surface area contributed by atoms with Crippen molar-refractivity contribution in [2.75, 3.05) is 18.6 Å². The van der Waals surface area contributed by atoms with E-state index in [1.54, 1.807) is 31.4 Å². The van der Waals surface area contributed by atoms with E-state index in [4.69, 9.17) is 4.74 Å². The fourth-order valence-electron chi connectivity index (χ4n) is 2.82. The van der Waals surface area contributed by atoms with Crippen LogP contribution in [0.5, 0.6) is 5.75 Å². The molecule has 3 rings (SSSR count). The third-order valence-electron chi connectivity index (χ3n) is 4.12. The van der Waals surface area contributed by atoms with Crippen LogP contribution in [-0.2, 0) is 21.2 Å². The first kappa shape index (κ1) is 18.1. The lowest BCUT2D eigenvalue weighted by molar-refractivity contribution is -0.122. The normalized spacial score (nSPS) is 18.4. The van der Waals surface area contributed by atoms with Crippen molar-refractivity contribution in [1.82, 2.24) is 15.1 Å². The molecule has 26 heavy (non-hydrogen) atoms. The molecule has 1 aromatic heterocycles. The van der Waals surface area contributed by atoms with Crippen molar-refractivity contribution in [3.05, 3.63) is 46.8 Å². The Morgan fingerprint density at radius 2 is 2.15 bits per heavy atom. The van der Waals surface area contributed by atoms with Gasteiger partial charge in [-0.25, -0.2) is 13.1 Å². The number of sulfone groups is 1. The van der Waals surface area contributed by atoms with E-state index in [0.29, 0.717) is 17.9 Å². The third kappa shape index (κ3) is 4.29. The summed E-state index contributed by atoms with van der Waals surface area (Å²) in [6.45, 7) is -0.271. The standard InChI is InChI=1S/C17H19N3O5S/c1-25-14-4-2-3-12(9-14)15-5-6-17(22)20(19-15)10-16(21)18-13-7-8-26(23,24)11-13/h2-6,9,13H,7-8,10-11H2,1H3,(H,18,21)/t13-/m0/s1. The molecule has 1 amide bonds. The Morgan fingerprint density at radius 3 is 2.85 bits per heavy atom. The van der Waals surface area contributed by atoms with E-state index in [1.165, 1.54) is 6.07 Å². The first-order valence-corrected chi connectivity index (χ1v) is 9.91. The van der Waals surface area contributed by atoms with Crippen LogP contribution < -0.4 is 15.6 Å². The van der Waals surface area contributed by atoms with Crippen LogP contribution in [0.25, 0.3) is 11.3 Å². The summed E-state index contributed by atoms with van der Waals surface area (Å²) >= 11 is 0. The van der Waals surface area contributed by atoms with Gasteiger partial charge in [-0.05, 0) is 24.6 Å². The summed E-state index contributed by atoms with van der Waals surface area (Å²) in [5, 5.41) is 6.88. The molecule has 0 saturated carbocycles. The van der Waals surface area contributed by atoms with Crippen LogP contribution in [0.3, 0.4) is 0 Å². The lowest BCUT2D eigenvalue weighted by Crippen LogP contribution is -2.40. The average molecular weight is 377 g/mol. The van der Waals surface area contributed by atoms with Crippen LogP contribution in [0.4, 0.5) is 0 Å². The van der Waals surface area contributed by atoms with E-state index in [-0.39, 0.29) is 18.1 Å². The molecule has 2 aromatic rings. The van der Waals surface area contributed by atoms with Gasteiger partial charge in [-0.15, -0.1) is 0 Å². The smallest absolute Gasteiger partial charge is 0.267 e. The predicted molar refractivity (Wildman–Crippen MR) is 95.7 cm³/mol. The van der Waals surface area contributed by atoms with Crippen molar-refractivity contribution >= 4 is 15.7 Å². The summed E-state index contributed by atoms with van der Waals surface area (Å²) in [6, 6.07) is 9.71. The van der Waals surface area contributed by atoms with Crippen LogP contribution in [0.1, 0.15) is 6.42 Å². The Kier molecular flexibility index (Phi) is 5.08. The van der Waals surface area contributed by atoms with Crippen LogP contribution in [0.2, 0.25) is 0 Å². The first-order chi connectivity index (χ1) is 12.4.